The van der Waals surface area contributed by atoms with E-state index in [2.05, 4.69) is 23.0 Å². The van der Waals surface area contributed by atoms with Crippen LogP contribution in [0.3, 0.4) is 0 Å². The molecule has 1 aromatic carbocycles. The van der Waals surface area contributed by atoms with Crippen LogP contribution in [-0.2, 0) is 13.0 Å². The minimum atomic E-state index is -0.198. The van der Waals surface area contributed by atoms with Crippen LogP contribution in [0, 0.1) is 11.7 Å². The molecule has 0 radical (unpaired) electrons. The van der Waals surface area contributed by atoms with Crippen LogP contribution in [0.4, 0.5) is 4.39 Å². The van der Waals surface area contributed by atoms with Crippen molar-refractivity contribution in [3.8, 4) is 5.75 Å². The van der Waals surface area contributed by atoms with Crippen LogP contribution < -0.4 is 10.5 Å². The lowest BCUT2D eigenvalue weighted by Crippen LogP contribution is -2.20. The van der Waals surface area contributed by atoms with Crippen LogP contribution in [0.25, 0.3) is 0 Å². The number of hydrogen-bond donors (Lipinski definition) is 1. The van der Waals surface area contributed by atoms with E-state index in [1.54, 1.807) is 12.1 Å². The second-order valence-electron chi connectivity index (χ2n) is 6.20. The number of halogens is 1. The minimum Gasteiger partial charge on any atom is -0.488 e. The van der Waals surface area contributed by atoms with Crippen LogP contribution in [0.2, 0.25) is 0 Å². The predicted octanol–water partition coefficient (Wildman–Crippen LogP) is 3.04. The Labute approximate surface area is 123 Å². The Balaban J connectivity index is 1.43. The van der Waals surface area contributed by atoms with Crippen molar-refractivity contribution in [1.82, 2.24) is 4.57 Å². The molecule has 1 saturated carbocycles. The molecule has 2 unspecified atom stereocenters. The number of hydrogen-bond acceptors (Lipinski definition) is 2. The van der Waals surface area contributed by atoms with E-state index in [-0.39, 0.29) is 18.0 Å². The maximum Gasteiger partial charge on any atom is 0.123 e. The maximum absolute atomic E-state index is 13.2. The fourth-order valence-corrected chi connectivity index (χ4v) is 3.12. The van der Waals surface area contributed by atoms with Crippen LogP contribution in [0.15, 0.2) is 36.7 Å². The summed E-state index contributed by atoms with van der Waals surface area (Å²) < 4.78 is 21.2. The summed E-state index contributed by atoms with van der Waals surface area (Å²) in [5, 5.41) is 0. The van der Waals surface area contributed by atoms with Crippen LogP contribution in [0.1, 0.15) is 30.0 Å². The van der Waals surface area contributed by atoms with Gasteiger partial charge in [-0.25, -0.2) is 4.39 Å². The van der Waals surface area contributed by atoms with Gasteiger partial charge >= 0.3 is 0 Å². The first kappa shape index (κ1) is 12.9. The molecule has 0 bridgehead atoms. The van der Waals surface area contributed by atoms with Crippen molar-refractivity contribution in [2.75, 3.05) is 0 Å². The number of fused-ring (bicyclic) bond motifs is 1. The third-order valence-electron chi connectivity index (χ3n) is 4.47. The first-order valence-electron chi connectivity index (χ1n) is 7.55. The van der Waals surface area contributed by atoms with E-state index >= 15 is 0 Å². The van der Waals surface area contributed by atoms with E-state index in [0.29, 0.717) is 5.92 Å². The second kappa shape index (κ2) is 4.88. The number of ether oxygens (including phenoxy) is 1. The Bertz CT molecular complexity index is 663. The summed E-state index contributed by atoms with van der Waals surface area (Å²) in [7, 11) is 0. The molecule has 0 spiro atoms. The number of aromatic nitrogens is 1. The van der Waals surface area contributed by atoms with Gasteiger partial charge in [-0.2, -0.15) is 0 Å². The van der Waals surface area contributed by atoms with Gasteiger partial charge in [-0.1, -0.05) is 0 Å². The molecule has 4 heteroatoms. The molecule has 1 fully saturated rings. The lowest BCUT2D eigenvalue weighted by molar-refractivity contribution is 0.209. The summed E-state index contributed by atoms with van der Waals surface area (Å²) in [6.45, 7) is 0.772. The van der Waals surface area contributed by atoms with E-state index in [1.807, 2.05) is 0 Å². The molecule has 4 rings (SSSR count). The van der Waals surface area contributed by atoms with Crippen LogP contribution in [-0.4, -0.2) is 10.7 Å². The molecule has 2 heterocycles. The zero-order chi connectivity index (χ0) is 14.4. The van der Waals surface area contributed by atoms with Gasteiger partial charge in [-0.15, -0.1) is 0 Å². The Morgan fingerprint density at radius 3 is 3.00 bits per heavy atom. The fourth-order valence-electron chi connectivity index (χ4n) is 3.12. The second-order valence-corrected chi connectivity index (χ2v) is 6.20. The predicted molar refractivity (Wildman–Crippen MR) is 78.6 cm³/mol. The van der Waals surface area contributed by atoms with Gasteiger partial charge in [-0.05, 0) is 48.6 Å². The van der Waals surface area contributed by atoms with Crippen molar-refractivity contribution in [2.24, 2.45) is 11.7 Å². The standard InChI is InChI=1S/C17H19FN2O/c18-14-3-4-16-13(7-14)8-15(21-16)10-20-6-5-12(9-20)17(19)11-1-2-11/h3-7,9,11,15,17H,1-2,8,10,19H2. The SMILES string of the molecule is NC(c1ccn(CC2Cc3cc(F)ccc3O2)c1)C1CC1. The molecule has 110 valence electrons. The molecule has 2 atom stereocenters. The first-order valence-corrected chi connectivity index (χ1v) is 7.55. The van der Waals surface area contributed by atoms with Gasteiger partial charge in [0.1, 0.15) is 17.7 Å². The van der Waals surface area contributed by atoms with Crippen molar-refractivity contribution >= 4 is 0 Å². The molecule has 2 aliphatic rings. The Morgan fingerprint density at radius 1 is 1.33 bits per heavy atom. The highest BCUT2D eigenvalue weighted by molar-refractivity contribution is 5.37. The fraction of sp³-hybridized carbons (Fsp3) is 0.412. The van der Waals surface area contributed by atoms with Crippen LogP contribution >= 0.6 is 0 Å². The van der Waals surface area contributed by atoms with E-state index in [4.69, 9.17) is 10.5 Å². The number of benzene rings is 1. The van der Waals surface area contributed by atoms with E-state index in [0.717, 1.165) is 24.3 Å². The molecule has 1 aromatic heterocycles. The molecule has 2 aromatic rings. The average molecular weight is 286 g/mol. The molecule has 3 nitrogen and oxygen atoms in total. The summed E-state index contributed by atoms with van der Waals surface area (Å²) in [6, 6.07) is 7.00. The quantitative estimate of drug-likeness (QED) is 0.938. The van der Waals surface area contributed by atoms with Gasteiger partial charge in [-0.3, -0.25) is 0 Å². The number of nitrogens with zero attached hydrogens (tertiary/aromatic N) is 1. The molecule has 1 aliphatic carbocycles. The smallest absolute Gasteiger partial charge is 0.123 e. The molecule has 0 amide bonds. The van der Waals surface area contributed by atoms with Gasteiger partial charge in [0.2, 0.25) is 0 Å². The molecule has 21 heavy (non-hydrogen) atoms. The van der Waals surface area contributed by atoms with Gasteiger partial charge in [0.05, 0.1) is 6.54 Å². The van der Waals surface area contributed by atoms with Crippen molar-refractivity contribution < 1.29 is 9.13 Å². The topological polar surface area (TPSA) is 40.2 Å². The summed E-state index contributed by atoms with van der Waals surface area (Å²) in [5.74, 6) is 1.27. The first-order chi connectivity index (χ1) is 10.2. The molecule has 0 saturated heterocycles. The summed E-state index contributed by atoms with van der Waals surface area (Å²) in [4.78, 5) is 0. The van der Waals surface area contributed by atoms with Crippen molar-refractivity contribution in [1.29, 1.82) is 0 Å². The molecule has 2 N–H and O–H groups in total. The molecule has 1 aliphatic heterocycles. The third-order valence-corrected chi connectivity index (χ3v) is 4.47. The maximum atomic E-state index is 13.2. The third kappa shape index (κ3) is 2.56. The summed E-state index contributed by atoms with van der Waals surface area (Å²) in [6.07, 6.45) is 7.51. The largest absolute Gasteiger partial charge is 0.488 e. The normalized spacial score (nSPS) is 21.9. The average Bonchev–Trinajstić information content (AvgIpc) is 3.09. The highest BCUT2D eigenvalue weighted by Crippen LogP contribution is 2.39. The van der Waals surface area contributed by atoms with Crippen molar-refractivity contribution in [2.45, 2.75) is 38.0 Å². The van der Waals surface area contributed by atoms with E-state index < -0.39 is 0 Å². The highest BCUT2D eigenvalue weighted by atomic mass is 19.1. The Hall–Kier alpha value is -1.81. The summed E-state index contributed by atoms with van der Waals surface area (Å²) in [5.41, 5.74) is 8.39. The monoisotopic (exact) mass is 286 g/mol. The summed E-state index contributed by atoms with van der Waals surface area (Å²) >= 11 is 0. The zero-order valence-electron chi connectivity index (χ0n) is 11.8. The van der Waals surface area contributed by atoms with Crippen LogP contribution in [0.5, 0.6) is 5.75 Å². The van der Waals surface area contributed by atoms with Gasteiger partial charge in [0, 0.05) is 30.4 Å². The van der Waals surface area contributed by atoms with Gasteiger partial charge in [0.25, 0.3) is 0 Å². The van der Waals surface area contributed by atoms with E-state index in [9.17, 15) is 4.39 Å². The van der Waals surface area contributed by atoms with Crippen molar-refractivity contribution in [3.05, 3.63) is 53.6 Å². The lowest BCUT2D eigenvalue weighted by Gasteiger charge is -2.12. The Morgan fingerprint density at radius 2 is 2.19 bits per heavy atom. The van der Waals surface area contributed by atoms with Crippen molar-refractivity contribution in [3.63, 3.8) is 0 Å². The van der Waals surface area contributed by atoms with Gasteiger partial charge < -0.3 is 15.0 Å². The zero-order valence-corrected chi connectivity index (χ0v) is 11.8. The highest BCUT2D eigenvalue weighted by Gasteiger charge is 2.30. The molecular formula is C17H19FN2O. The number of rotatable bonds is 4. The lowest BCUT2D eigenvalue weighted by atomic mass is 10.1. The minimum absolute atomic E-state index is 0.0687. The molecular weight excluding hydrogens is 267 g/mol. The number of nitrogens with two attached hydrogens (primary N) is 1. The van der Waals surface area contributed by atoms with E-state index in [1.165, 1.54) is 24.5 Å². The Kier molecular flexibility index (Phi) is 3.00. The van der Waals surface area contributed by atoms with Gasteiger partial charge in [0.15, 0.2) is 0 Å².